The third kappa shape index (κ3) is 4.35. The Bertz CT molecular complexity index is 1090. The Morgan fingerprint density at radius 3 is 2.91 bits per heavy atom. The molecule has 1 aromatic heterocycles. The van der Waals surface area contributed by atoms with Crippen LogP contribution in [-0.4, -0.2) is 68.1 Å². The summed E-state index contributed by atoms with van der Waals surface area (Å²) in [6.45, 7) is 6.15. The molecule has 1 saturated heterocycles. The van der Waals surface area contributed by atoms with Gasteiger partial charge < -0.3 is 34.5 Å². The maximum atomic E-state index is 6.06. The highest BCUT2D eigenvalue weighted by molar-refractivity contribution is 5.93. The maximum absolute atomic E-state index is 6.06. The lowest BCUT2D eigenvalue weighted by Gasteiger charge is -2.27. The van der Waals surface area contributed by atoms with E-state index in [1.807, 2.05) is 30.3 Å². The summed E-state index contributed by atoms with van der Waals surface area (Å²) in [6.07, 6.45) is 2.49. The van der Waals surface area contributed by atoms with Gasteiger partial charge in [0.2, 0.25) is 6.79 Å². The highest BCUT2D eigenvalue weighted by atomic mass is 16.7. The zero-order valence-corrected chi connectivity index (χ0v) is 18.1. The van der Waals surface area contributed by atoms with Crippen molar-refractivity contribution in [1.29, 1.82) is 0 Å². The second kappa shape index (κ2) is 9.46. The number of piperazine rings is 1. The number of aromatic nitrogens is 2. The van der Waals surface area contributed by atoms with Gasteiger partial charge in [0.1, 0.15) is 12.1 Å². The molecule has 0 unspecified atom stereocenters. The number of rotatable bonds is 8. The normalized spacial score (nSPS) is 15.7. The molecular formula is C23H27N5O4. The van der Waals surface area contributed by atoms with Crippen molar-refractivity contribution in [3.05, 3.63) is 36.7 Å². The van der Waals surface area contributed by atoms with Crippen LogP contribution in [0.3, 0.4) is 0 Å². The summed E-state index contributed by atoms with van der Waals surface area (Å²) in [6, 6.07) is 9.52. The Morgan fingerprint density at radius 1 is 1.12 bits per heavy atom. The zero-order chi connectivity index (χ0) is 21.8. The van der Waals surface area contributed by atoms with Crippen LogP contribution in [0.2, 0.25) is 0 Å². The number of fused-ring (bicyclic) bond motifs is 2. The quantitative estimate of drug-likeness (QED) is 0.516. The molecule has 0 aliphatic carbocycles. The number of benzene rings is 2. The average molecular weight is 438 g/mol. The van der Waals surface area contributed by atoms with Crippen molar-refractivity contribution in [2.75, 3.05) is 58.6 Å². The molecule has 168 valence electrons. The number of hydrogen-bond donors (Lipinski definition) is 2. The van der Waals surface area contributed by atoms with Crippen molar-refractivity contribution in [3.63, 3.8) is 0 Å². The van der Waals surface area contributed by atoms with Crippen molar-refractivity contribution in [2.24, 2.45) is 0 Å². The van der Waals surface area contributed by atoms with Gasteiger partial charge in [-0.05, 0) is 24.6 Å². The number of para-hydroxylation sites is 1. The van der Waals surface area contributed by atoms with Gasteiger partial charge in [-0.3, -0.25) is 0 Å². The van der Waals surface area contributed by atoms with Gasteiger partial charge in [0.15, 0.2) is 23.0 Å². The van der Waals surface area contributed by atoms with E-state index in [0.29, 0.717) is 35.4 Å². The molecule has 5 rings (SSSR count). The Kier molecular flexibility index (Phi) is 6.09. The lowest BCUT2D eigenvalue weighted by atomic mass is 10.2. The van der Waals surface area contributed by atoms with Gasteiger partial charge in [-0.25, -0.2) is 9.97 Å². The number of hydrogen-bond acceptors (Lipinski definition) is 9. The summed E-state index contributed by atoms with van der Waals surface area (Å²) < 4.78 is 22.7. The van der Waals surface area contributed by atoms with E-state index in [9.17, 15) is 0 Å². The summed E-state index contributed by atoms with van der Waals surface area (Å²) in [4.78, 5) is 11.3. The molecule has 2 aliphatic rings. The fourth-order valence-electron chi connectivity index (χ4n) is 4.00. The largest absolute Gasteiger partial charge is 0.493 e. The van der Waals surface area contributed by atoms with E-state index < -0.39 is 0 Å². The van der Waals surface area contributed by atoms with Gasteiger partial charge in [-0.2, -0.15) is 0 Å². The predicted molar refractivity (Wildman–Crippen MR) is 121 cm³/mol. The van der Waals surface area contributed by atoms with Crippen LogP contribution < -0.4 is 29.6 Å². The summed E-state index contributed by atoms with van der Waals surface area (Å²) in [7, 11) is 1.64. The molecule has 2 aromatic carbocycles. The van der Waals surface area contributed by atoms with E-state index in [1.165, 1.54) is 6.33 Å². The summed E-state index contributed by atoms with van der Waals surface area (Å²) in [5, 5.41) is 7.55. The highest BCUT2D eigenvalue weighted by Gasteiger charge is 2.19. The van der Waals surface area contributed by atoms with Gasteiger partial charge in [-0.1, -0.05) is 6.07 Å². The molecular weight excluding hydrogens is 410 g/mol. The highest BCUT2D eigenvalue weighted by Crippen LogP contribution is 2.41. The van der Waals surface area contributed by atoms with E-state index in [2.05, 4.69) is 25.5 Å². The Morgan fingerprint density at radius 2 is 2.03 bits per heavy atom. The zero-order valence-electron chi connectivity index (χ0n) is 18.1. The number of nitrogens with one attached hydrogen (secondary N) is 2. The Hall–Kier alpha value is -3.30. The van der Waals surface area contributed by atoms with Crippen molar-refractivity contribution in [1.82, 2.24) is 20.2 Å². The lowest BCUT2D eigenvalue weighted by molar-refractivity contribution is 0.174. The Balaban J connectivity index is 1.33. The third-order valence-electron chi connectivity index (χ3n) is 5.66. The van der Waals surface area contributed by atoms with E-state index in [0.717, 1.165) is 55.7 Å². The van der Waals surface area contributed by atoms with Crippen LogP contribution in [0.1, 0.15) is 6.42 Å². The number of methoxy groups -OCH3 is 1. The van der Waals surface area contributed by atoms with Crippen LogP contribution in [0.15, 0.2) is 36.7 Å². The van der Waals surface area contributed by atoms with Crippen LogP contribution in [0.5, 0.6) is 23.0 Å². The average Bonchev–Trinajstić information content (AvgIpc) is 3.32. The summed E-state index contributed by atoms with van der Waals surface area (Å²) in [5.74, 6) is 3.37. The Labute approximate surface area is 186 Å². The number of nitrogens with zero attached hydrogens (tertiary/aromatic N) is 3. The van der Waals surface area contributed by atoms with Gasteiger partial charge >= 0.3 is 0 Å². The minimum absolute atomic E-state index is 0.210. The first-order valence-corrected chi connectivity index (χ1v) is 10.9. The molecule has 0 spiro atoms. The van der Waals surface area contributed by atoms with Crippen molar-refractivity contribution < 1.29 is 18.9 Å². The molecule has 9 heteroatoms. The van der Waals surface area contributed by atoms with Crippen LogP contribution in [0.4, 0.5) is 11.5 Å². The first kappa shape index (κ1) is 20.6. The van der Waals surface area contributed by atoms with E-state index in [4.69, 9.17) is 18.9 Å². The van der Waals surface area contributed by atoms with Crippen LogP contribution in [0.25, 0.3) is 10.9 Å². The molecule has 9 nitrogen and oxygen atoms in total. The van der Waals surface area contributed by atoms with Gasteiger partial charge in [-0.15, -0.1) is 0 Å². The predicted octanol–water partition coefficient (Wildman–Crippen LogP) is 2.78. The van der Waals surface area contributed by atoms with Crippen molar-refractivity contribution in [3.8, 4) is 23.0 Å². The van der Waals surface area contributed by atoms with Gasteiger partial charge in [0.05, 0.1) is 24.9 Å². The molecule has 0 atom stereocenters. The molecule has 0 radical (unpaired) electrons. The second-order valence-corrected chi connectivity index (χ2v) is 7.70. The molecule has 2 N–H and O–H groups in total. The SMILES string of the molecule is COc1cc2c(Nc3cccc4c3OCO4)ncnc2cc1OCCCN1CCNCC1. The van der Waals surface area contributed by atoms with Crippen LogP contribution in [0, 0.1) is 0 Å². The van der Waals surface area contributed by atoms with E-state index in [1.54, 1.807) is 7.11 Å². The summed E-state index contributed by atoms with van der Waals surface area (Å²) >= 11 is 0. The second-order valence-electron chi connectivity index (χ2n) is 7.70. The summed E-state index contributed by atoms with van der Waals surface area (Å²) in [5.41, 5.74) is 1.55. The molecule has 3 aromatic rings. The van der Waals surface area contributed by atoms with Crippen molar-refractivity contribution in [2.45, 2.75) is 6.42 Å². The minimum atomic E-state index is 0.210. The monoisotopic (exact) mass is 437 g/mol. The number of ether oxygens (including phenoxy) is 4. The minimum Gasteiger partial charge on any atom is -0.493 e. The van der Waals surface area contributed by atoms with Gasteiger partial charge in [0, 0.05) is 44.2 Å². The fourth-order valence-corrected chi connectivity index (χ4v) is 4.00. The topological polar surface area (TPSA) is 90.0 Å². The number of anilines is 2. The van der Waals surface area contributed by atoms with Crippen molar-refractivity contribution >= 4 is 22.4 Å². The molecule has 32 heavy (non-hydrogen) atoms. The van der Waals surface area contributed by atoms with E-state index >= 15 is 0 Å². The molecule has 0 amide bonds. The third-order valence-corrected chi connectivity index (χ3v) is 5.66. The first-order valence-electron chi connectivity index (χ1n) is 10.9. The van der Waals surface area contributed by atoms with Crippen LogP contribution >= 0.6 is 0 Å². The molecule has 2 aliphatic heterocycles. The lowest BCUT2D eigenvalue weighted by Crippen LogP contribution is -2.43. The molecule has 3 heterocycles. The smallest absolute Gasteiger partial charge is 0.231 e. The molecule has 0 bridgehead atoms. The first-order chi connectivity index (χ1) is 15.8. The standard InChI is InChI=1S/C23H27N5O4/c1-29-20-12-16-18(13-21(20)30-11-3-8-28-9-6-24-7-10-28)25-14-26-23(16)27-17-4-2-5-19-22(17)32-15-31-19/h2,4-5,12-14,24H,3,6-11,15H2,1H3,(H,25,26,27). The molecule has 1 fully saturated rings. The molecule has 0 saturated carbocycles. The maximum Gasteiger partial charge on any atom is 0.231 e. The van der Waals surface area contributed by atoms with Crippen LogP contribution in [-0.2, 0) is 0 Å². The van der Waals surface area contributed by atoms with Gasteiger partial charge in [0.25, 0.3) is 0 Å². The van der Waals surface area contributed by atoms with E-state index in [-0.39, 0.29) is 6.79 Å². The fraction of sp³-hybridized carbons (Fsp3) is 0.391.